The highest BCUT2D eigenvalue weighted by molar-refractivity contribution is 5.94. The molecule has 20 heavy (non-hydrogen) atoms. The van der Waals surface area contributed by atoms with Crippen LogP contribution in [0.1, 0.15) is 36.0 Å². The van der Waals surface area contributed by atoms with Gasteiger partial charge in [0, 0.05) is 12.2 Å². The molecule has 1 aromatic rings. The van der Waals surface area contributed by atoms with Crippen LogP contribution in [0.2, 0.25) is 0 Å². The van der Waals surface area contributed by atoms with Gasteiger partial charge < -0.3 is 10.4 Å². The van der Waals surface area contributed by atoms with Crippen molar-refractivity contribution >= 4 is 5.91 Å². The molecule has 1 aliphatic rings. The molecule has 110 valence electrons. The van der Waals surface area contributed by atoms with Crippen LogP contribution in [0.3, 0.4) is 0 Å². The molecule has 2 rings (SSSR count). The SMILES string of the molecule is O=C(NC1CCC(C(F)(F)F)CC1)c1cncc(O)c1. The van der Waals surface area contributed by atoms with Crippen LogP contribution in [-0.4, -0.2) is 28.2 Å². The van der Waals surface area contributed by atoms with Crippen LogP contribution in [-0.2, 0) is 0 Å². The highest BCUT2D eigenvalue weighted by atomic mass is 19.4. The minimum atomic E-state index is -4.15. The van der Waals surface area contributed by atoms with Crippen molar-refractivity contribution in [2.75, 3.05) is 0 Å². The largest absolute Gasteiger partial charge is 0.506 e. The van der Waals surface area contributed by atoms with E-state index in [0.29, 0.717) is 12.8 Å². The fourth-order valence-corrected chi connectivity index (χ4v) is 2.39. The number of nitrogens with zero attached hydrogens (tertiary/aromatic N) is 1. The van der Waals surface area contributed by atoms with Crippen molar-refractivity contribution in [1.82, 2.24) is 10.3 Å². The van der Waals surface area contributed by atoms with Crippen LogP contribution in [0.5, 0.6) is 5.75 Å². The van der Waals surface area contributed by atoms with Crippen molar-refractivity contribution in [2.24, 2.45) is 5.92 Å². The molecule has 0 aliphatic heterocycles. The van der Waals surface area contributed by atoms with Gasteiger partial charge in [-0.2, -0.15) is 13.2 Å². The molecule has 0 unspecified atom stereocenters. The molecule has 1 aromatic heterocycles. The van der Waals surface area contributed by atoms with Crippen LogP contribution in [0, 0.1) is 5.92 Å². The lowest BCUT2D eigenvalue weighted by Crippen LogP contribution is -2.40. The first-order valence-corrected chi connectivity index (χ1v) is 6.38. The summed E-state index contributed by atoms with van der Waals surface area (Å²) in [5.41, 5.74) is 0.197. The van der Waals surface area contributed by atoms with Gasteiger partial charge in [-0.15, -0.1) is 0 Å². The lowest BCUT2D eigenvalue weighted by atomic mass is 9.85. The van der Waals surface area contributed by atoms with E-state index in [1.54, 1.807) is 0 Å². The molecule has 1 heterocycles. The first-order chi connectivity index (χ1) is 9.36. The second-order valence-corrected chi connectivity index (χ2v) is 5.00. The van der Waals surface area contributed by atoms with E-state index in [1.807, 2.05) is 0 Å². The minimum absolute atomic E-state index is 0.0345. The summed E-state index contributed by atoms with van der Waals surface area (Å²) in [6.07, 6.45) is -0.963. The normalized spacial score (nSPS) is 23.4. The summed E-state index contributed by atoms with van der Waals surface area (Å²) in [5, 5.41) is 11.9. The van der Waals surface area contributed by atoms with E-state index in [4.69, 9.17) is 0 Å². The molecule has 1 aliphatic carbocycles. The van der Waals surface area contributed by atoms with Crippen LogP contribution in [0.4, 0.5) is 13.2 Å². The second kappa shape index (κ2) is 5.68. The van der Waals surface area contributed by atoms with Gasteiger partial charge in [-0.05, 0) is 31.7 Å². The zero-order valence-corrected chi connectivity index (χ0v) is 10.7. The Morgan fingerprint density at radius 2 is 1.90 bits per heavy atom. The first-order valence-electron chi connectivity index (χ1n) is 6.38. The fourth-order valence-electron chi connectivity index (χ4n) is 2.39. The zero-order valence-electron chi connectivity index (χ0n) is 10.7. The van der Waals surface area contributed by atoms with Crippen molar-refractivity contribution in [3.8, 4) is 5.75 Å². The lowest BCUT2D eigenvalue weighted by molar-refractivity contribution is -0.182. The van der Waals surface area contributed by atoms with E-state index in [0.717, 1.165) is 0 Å². The molecule has 4 nitrogen and oxygen atoms in total. The number of carbonyl (C=O) groups excluding carboxylic acids is 1. The smallest absolute Gasteiger partial charge is 0.391 e. The predicted octanol–water partition coefficient (Wildman–Crippen LogP) is 2.64. The molecule has 0 aromatic carbocycles. The van der Waals surface area contributed by atoms with E-state index in [9.17, 15) is 23.1 Å². The van der Waals surface area contributed by atoms with Gasteiger partial charge in [0.05, 0.1) is 17.7 Å². The second-order valence-electron chi connectivity index (χ2n) is 5.00. The Morgan fingerprint density at radius 3 is 2.45 bits per heavy atom. The standard InChI is InChI=1S/C13H15F3N2O2/c14-13(15,16)9-1-3-10(4-2-9)18-12(20)8-5-11(19)7-17-6-8/h5-7,9-10,19H,1-4H2,(H,18,20). The number of rotatable bonds is 2. The van der Waals surface area contributed by atoms with Crippen LogP contribution >= 0.6 is 0 Å². The van der Waals surface area contributed by atoms with Gasteiger partial charge >= 0.3 is 6.18 Å². The molecule has 2 N–H and O–H groups in total. The Bertz CT molecular complexity index is 483. The first kappa shape index (κ1) is 14.6. The third-order valence-electron chi connectivity index (χ3n) is 3.51. The van der Waals surface area contributed by atoms with E-state index >= 15 is 0 Å². The Kier molecular flexibility index (Phi) is 4.15. The van der Waals surface area contributed by atoms with E-state index in [-0.39, 0.29) is 30.2 Å². The van der Waals surface area contributed by atoms with Gasteiger partial charge in [0.2, 0.25) is 0 Å². The molecule has 1 fully saturated rings. The number of carbonyl (C=O) groups is 1. The fraction of sp³-hybridized carbons (Fsp3) is 0.538. The number of hydrogen-bond donors (Lipinski definition) is 2. The number of amides is 1. The lowest BCUT2D eigenvalue weighted by Gasteiger charge is -2.30. The van der Waals surface area contributed by atoms with Gasteiger partial charge in [0.25, 0.3) is 5.91 Å². The van der Waals surface area contributed by atoms with Crippen LogP contribution in [0.25, 0.3) is 0 Å². The summed E-state index contributed by atoms with van der Waals surface area (Å²) in [7, 11) is 0. The molecular formula is C13H15F3N2O2. The highest BCUT2D eigenvalue weighted by Crippen LogP contribution is 2.37. The predicted molar refractivity (Wildman–Crippen MR) is 65.2 cm³/mol. The summed E-state index contributed by atoms with van der Waals surface area (Å²) < 4.78 is 37.6. The molecule has 1 saturated carbocycles. The molecule has 0 saturated heterocycles. The number of hydrogen-bond acceptors (Lipinski definition) is 3. The number of aromatic hydroxyl groups is 1. The summed E-state index contributed by atoms with van der Waals surface area (Å²) in [6, 6.07) is 1.01. The molecular weight excluding hydrogens is 273 g/mol. The van der Waals surface area contributed by atoms with Crippen LogP contribution < -0.4 is 5.32 Å². The minimum Gasteiger partial charge on any atom is -0.506 e. The average molecular weight is 288 g/mol. The van der Waals surface area contributed by atoms with Crippen molar-refractivity contribution in [1.29, 1.82) is 0 Å². The molecule has 0 bridgehead atoms. The third-order valence-corrected chi connectivity index (χ3v) is 3.51. The topological polar surface area (TPSA) is 62.2 Å². The van der Waals surface area contributed by atoms with Crippen molar-refractivity contribution in [3.05, 3.63) is 24.0 Å². The Labute approximate surface area is 114 Å². The summed E-state index contributed by atoms with van der Waals surface area (Å²) in [6.45, 7) is 0. The average Bonchev–Trinajstić information content (AvgIpc) is 2.38. The van der Waals surface area contributed by atoms with E-state index in [1.165, 1.54) is 18.5 Å². The maximum Gasteiger partial charge on any atom is 0.391 e. The number of nitrogens with one attached hydrogen (secondary N) is 1. The summed E-state index contributed by atoms with van der Waals surface area (Å²) in [5.74, 6) is -1.82. The van der Waals surface area contributed by atoms with Gasteiger partial charge in [-0.3, -0.25) is 9.78 Å². The molecule has 0 atom stereocenters. The van der Waals surface area contributed by atoms with Crippen molar-refractivity contribution < 1.29 is 23.1 Å². The van der Waals surface area contributed by atoms with E-state index in [2.05, 4.69) is 10.3 Å². The number of alkyl halides is 3. The zero-order chi connectivity index (χ0) is 14.8. The number of halogens is 3. The van der Waals surface area contributed by atoms with Gasteiger partial charge in [0.15, 0.2) is 0 Å². The van der Waals surface area contributed by atoms with E-state index < -0.39 is 18.0 Å². The van der Waals surface area contributed by atoms with Crippen molar-refractivity contribution in [3.63, 3.8) is 0 Å². The number of pyridine rings is 1. The molecule has 1 amide bonds. The van der Waals surface area contributed by atoms with Gasteiger partial charge in [0.1, 0.15) is 5.75 Å². The Morgan fingerprint density at radius 1 is 1.25 bits per heavy atom. The molecule has 7 heteroatoms. The third kappa shape index (κ3) is 3.61. The van der Waals surface area contributed by atoms with Crippen molar-refractivity contribution in [2.45, 2.75) is 37.9 Å². The van der Waals surface area contributed by atoms with Gasteiger partial charge in [-0.1, -0.05) is 0 Å². The monoisotopic (exact) mass is 288 g/mol. The molecule has 0 radical (unpaired) electrons. The quantitative estimate of drug-likeness (QED) is 0.879. The maximum absolute atomic E-state index is 12.5. The molecule has 0 spiro atoms. The van der Waals surface area contributed by atoms with Crippen LogP contribution in [0.15, 0.2) is 18.5 Å². The Hall–Kier alpha value is -1.79. The Balaban J connectivity index is 1.88. The summed E-state index contributed by atoms with van der Waals surface area (Å²) >= 11 is 0. The van der Waals surface area contributed by atoms with Gasteiger partial charge in [-0.25, -0.2) is 0 Å². The summed E-state index contributed by atoms with van der Waals surface area (Å²) in [4.78, 5) is 15.5. The number of aromatic nitrogens is 1. The maximum atomic E-state index is 12.5. The highest BCUT2D eigenvalue weighted by Gasteiger charge is 2.41.